The van der Waals surface area contributed by atoms with Crippen LogP contribution in [0.2, 0.25) is 5.02 Å². The van der Waals surface area contributed by atoms with Gasteiger partial charge in [0.2, 0.25) is 16.0 Å². The van der Waals surface area contributed by atoms with Gasteiger partial charge in [0.1, 0.15) is 4.90 Å². The molecule has 0 aliphatic heterocycles. The molecule has 0 amide bonds. The van der Waals surface area contributed by atoms with Gasteiger partial charge in [-0.25, -0.2) is 18.5 Å². The van der Waals surface area contributed by atoms with Crippen molar-refractivity contribution < 1.29 is 17.9 Å². The summed E-state index contributed by atoms with van der Waals surface area (Å²) in [5, 5.41) is 6.17. The number of nitrogens with two attached hydrogens (primary N) is 1. The average Bonchev–Trinajstić information content (AvgIpc) is 2.94. The molecule has 0 bridgehead atoms. The topological polar surface area (TPSA) is 109 Å². The summed E-state index contributed by atoms with van der Waals surface area (Å²) in [4.78, 5) is 8.45. The Morgan fingerprint density at radius 2 is 2.12 bits per heavy atom. The van der Waals surface area contributed by atoms with Gasteiger partial charge in [-0.05, 0) is 25.1 Å². The third kappa shape index (κ3) is 3.26. The standard InChI is InChI=1S/C15H15ClN4O4S/c1-3-24-12-7-18-15(19-14(12)23-2)20-8-13(25(17,21)22)10-5-4-9(16)6-11(10)20/h4-8H,3H2,1-2H3,(H2,17,21,22). The van der Waals surface area contributed by atoms with Crippen LogP contribution in [0.3, 0.4) is 0 Å². The van der Waals surface area contributed by atoms with E-state index >= 15 is 0 Å². The van der Waals surface area contributed by atoms with Gasteiger partial charge in [-0.1, -0.05) is 11.6 Å². The van der Waals surface area contributed by atoms with Crippen LogP contribution in [0.15, 0.2) is 35.5 Å². The maximum atomic E-state index is 11.9. The van der Waals surface area contributed by atoms with Crippen molar-refractivity contribution in [1.29, 1.82) is 0 Å². The van der Waals surface area contributed by atoms with Crippen molar-refractivity contribution >= 4 is 32.5 Å². The molecule has 0 unspecified atom stereocenters. The SMILES string of the molecule is CCOc1cnc(-n2cc(S(N)(=O)=O)c3ccc(Cl)cc32)nc1OC. The fraction of sp³-hybridized carbons (Fsp3) is 0.200. The highest BCUT2D eigenvalue weighted by atomic mass is 35.5. The molecule has 2 aromatic heterocycles. The van der Waals surface area contributed by atoms with Crippen LogP contribution in [0.25, 0.3) is 16.9 Å². The van der Waals surface area contributed by atoms with Gasteiger partial charge >= 0.3 is 0 Å². The molecule has 0 fully saturated rings. The highest BCUT2D eigenvalue weighted by Crippen LogP contribution is 2.30. The maximum Gasteiger partial charge on any atom is 0.261 e. The largest absolute Gasteiger partial charge is 0.487 e. The van der Waals surface area contributed by atoms with E-state index in [2.05, 4.69) is 9.97 Å². The molecule has 0 aliphatic rings. The zero-order valence-corrected chi connectivity index (χ0v) is 15.0. The van der Waals surface area contributed by atoms with E-state index in [1.165, 1.54) is 24.1 Å². The minimum absolute atomic E-state index is 0.0457. The molecule has 0 aliphatic carbocycles. The predicted octanol–water partition coefficient (Wildman–Crippen LogP) is 2.13. The third-order valence-electron chi connectivity index (χ3n) is 3.46. The van der Waals surface area contributed by atoms with Crippen LogP contribution < -0.4 is 14.6 Å². The van der Waals surface area contributed by atoms with Crippen molar-refractivity contribution in [2.24, 2.45) is 5.14 Å². The van der Waals surface area contributed by atoms with Gasteiger partial charge in [0.15, 0.2) is 5.75 Å². The molecule has 3 aromatic rings. The van der Waals surface area contributed by atoms with E-state index in [1.807, 2.05) is 6.92 Å². The Kier molecular flexibility index (Phi) is 4.55. The van der Waals surface area contributed by atoms with Crippen LogP contribution in [0.1, 0.15) is 6.92 Å². The van der Waals surface area contributed by atoms with E-state index < -0.39 is 10.0 Å². The Bertz CT molecular complexity index is 1050. The van der Waals surface area contributed by atoms with Crippen LogP contribution in [0, 0.1) is 0 Å². The number of aromatic nitrogens is 3. The Balaban J connectivity index is 2.27. The number of sulfonamides is 1. The normalized spacial score (nSPS) is 11.7. The van der Waals surface area contributed by atoms with Crippen molar-refractivity contribution in [3.63, 3.8) is 0 Å². The number of halogens is 1. The highest BCUT2D eigenvalue weighted by molar-refractivity contribution is 7.89. The number of ether oxygens (including phenoxy) is 2. The zero-order chi connectivity index (χ0) is 18.2. The number of hydrogen-bond acceptors (Lipinski definition) is 6. The first-order valence-corrected chi connectivity index (χ1v) is 9.15. The lowest BCUT2D eigenvalue weighted by Crippen LogP contribution is -2.11. The first-order valence-electron chi connectivity index (χ1n) is 7.22. The van der Waals surface area contributed by atoms with E-state index in [0.717, 1.165) is 0 Å². The first-order chi connectivity index (χ1) is 11.8. The molecule has 0 atom stereocenters. The summed E-state index contributed by atoms with van der Waals surface area (Å²) in [5.74, 6) is 0.810. The van der Waals surface area contributed by atoms with E-state index in [-0.39, 0.29) is 16.7 Å². The quantitative estimate of drug-likeness (QED) is 0.723. The molecule has 25 heavy (non-hydrogen) atoms. The van der Waals surface area contributed by atoms with E-state index in [0.29, 0.717) is 28.3 Å². The van der Waals surface area contributed by atoms with Gasteiger partial charge < -0.3 is 9.47 Å². The van der Waals surface area contributed by atoms with Crippen molar-refractivity contribution in [2.45, 2.75) is 11.8 Å². The van der Waals surface area contributed by atoms with Gasteiger partial charge in [0, 0.05) is 16.6 Å². The van der Waals surface area contributed by atoms with Crippen molar-refractivity contribution in [3.8, 4) is 17.6 Å². The fourth-order valence-corrected chi connectivity index (χ4v) is 3.32. The van der Waals surface area contributed by atoms with Crippen molar-refractivity contribution in [1.82, 2.24) is 14.5 Å². The molecule has 0 saturated carbocycles. The van der Waals surface area contributed by atoms with E-state index in [1.54, 1.807) is 18.2 Å². The van der Waals surface area contributed by atoms with Crippen LogP contribution in [0.5, 0.6) is 11.6 Å². The Hall–Kier alpha value is -2.36. The monoisotopic (exact) mass is 382 g/mol. The second kappa shape index (κ2) is 6.51. The summed E-state index contributed by atoms with van der Waals surface area (Å²) < 4.78 is 35.9. The maximum absolute atomic E-state index is 11.9. The van der Waals surface area contributed by atoms with Crippen LogP contribution in [0.4, 0.5) is 0 Å². The molecule has 2 N–H and O–H groups in total. The third-order valence-corrected chi connectivity index (χ3v) is 4.63. The molecule has 132 valence electrons. The molecule has 3 rings (SSSR count). The lowest BCUT2D eigenvalue weighted by molar-refractivity contribution is 0.301. The highest BCUT2D eigenvalue weighted by Gasteiger charge is 2.20. The Morgan fingerprint density at radius 1 is 1.36 bits per heavy atom. The molecule has 8 nitrogen and oxygen atoms in total. The minimum Gasteiger partial charge on any atom is -0.487 e. The number of fused-ring (bicyclic) bond motifs is 1. The Labute approximate surface area is 149 Å². The van der Waals surface area contributed by atoms with E-state index in [4.69, 9.17) is 26.2 Å². The molecule has 0 spiro atoms. The molecular weight excluding hydrogens is 368 g/mol. The molecule has 0 radical (unpaired) electrons. The second-order valence-electron chi connectivity index (χ2n) is 5.05. The lowest BCUT2D eigenvalue weighted by atomic mass is 10.2. The predicted molar refractivity (Wildman–Crippen MR) is 93.0 cm³/mol. The van der Waals surface area contributed by atoms with Crippen molar-refractivity contribution in [2.75, 3.05) is 13.7 Å². The van der Waals surface area contributed by atoms with Gasteiger partial charge in [-0.3, -0.25) is 4.57 Å². The van der Waals surface area contributed by atoms with Gasteiger partial charge in [0.05, 0.1) is 25.4 Å². The summed E-state index contributed by atoms with van der Waals surface area (Å²) in [6, 6.07) is 4.78. The minimum atomic E-state index is -3.94. The first kappa shape index (κ1) is 17.5. The smallest absolute Gasteiger partial charge is 0.261 e. The number of primary sulfonamides is 1. The van der Waals surface area contributed by atoms with Gasteiger partial charge in [-0.2, -0.15) is 4.98 Å². The Morgan fingerprint density at radius 3 is 2.76 bits per heavy atom. The van der Waals surface area contributed by atoms with Gasteiger partial charge in [-0.15, -0.1) is 0 Å². The average molecular weight is 383 g/mol. The molecule has 2 heterocycles. The summed E-state index contributed by atoms with van der Waals surface area (Å²) in [7, 11) is -2.48. The van der Waals surface area contributed by atoms with Crippen LogP contribution in [-0.4, -0.2) is 36.7 Å². The van der Waals surface area contributed by atoms with E-state index in [9.17, 15) is 8.42 Å². The fourth-order valence-electron chi connectivity index (χ4n) is 2.42. The van der Waals surface area contributed by atoms with Crippen LogP contribution in [-0.2, 0) is 10.0 Å². The summed E-state index contributed by atoms with van der Waals surface area (Å²) >= 11 is 6.05. The molecule has 0 saturated heterocycles. The number of nitrogens with zero attached hydrogens (tertiary/aromatic N) is 3. The summed E-state index contributed by atoms with van der Waals surface area (Å²) in [5.41, 5.74) is 0.503. The number of benzene rings is 1. The second-order valence-corrected chi connectivity index (χ2v) is 7.01. The molecule has 10 heteroatoms. The molecule has 1 aromatic carbocycles. The molecular formula is C15H15ClN4O4S. The number of rotatable bonds is 5. The van der Waals surface area contributed by atoms with Crippen molar-refractivity contribution in [3.05, 3.63) is 35.6 Å². The lowest BCUT2D eigenvalue weighted by Gasteiger charge is -2.10. The summed E-state index contributed by atoms with van der Waals surface area (Å²) in [6.07, 6.45) is 2.81. The van der Waals surface area contributed by atoms with Gasteiger partial charge in [0.25, 0.3) is 5.88 Å². The summed E-state index contributed by atoms with van der Waals surface area (Å²) in [6.45, 7) is 2.25. The zero-order valence-electron chi connectivity index (χ0n) is 13.4. The van der Waals surface area contributed by atoms with Crippen LogP contribution >= 0.6 is 11.6 Å². The number of methoxy groups -OCH3 is 1. The number of hydrogen-bond donors (Lipinski definition) is 1.